The number of aryl methyl sites for hydroxylation is 1. The maximum Gasteiger partial charge on any atom is 0.419 e. The molecule has 0 unspecified atom stereocenters. The molecule has 0 aliphatic carbocycles. The van der Waals surface area contributed by atoms with Crippen molar-refractivity contribution in [1.29, 1.82) is 0 Å². The molecule has 4 aromatic rings. The quantitative estimate of drug-likeness (QED) is 0.496. The lowest BCUT2D eigenvalue weighted by molar-refractivity contribution is 0.526. The van der Waals surface area contributed by atoms with Crippen LogP contribution in [0.4, 0.5) is 0 Å². The van der Waals surface area contributed by atoms with Gasteiger partial charge in [0.2, 0.25) is 0 Å². The Balaban J connectivity index is 0.000000146. The van der Waals surface area contributed by atoms with Gasteiger partial charge in [-0.3, -0.25) is 19.6 Å². The minimum Gasteiger partial charge on any atom is -0.409 e. The maximum atomic E-state index is 11.2. The summed E-state index contributed by atoms with van der Waals surface area (Å²) < 4.78 is 9.59. The molecule has 25 heavy (non-hydrogen) atoms. The van der Waals surface area contributed by atoms with E-state index in [1.807, 2.05) is 4.98 Å². The first kappa shape index (κ1) is 16.2. The third kappa shape index (κ3) is 3.32. The van der Waals surface area contributed by atoms with Crippen LogP contribution in [0.1, 0.15) is 5.56 Å². The number of rotatable bonds is 0. The number of H-pyrrole nitrogens is 2. The molecule has 2 heterocycles. The Labute approximate surface area is 138 Å². The highest BCUT2D eigenvalue weighted by molar-refractivity contribution is 5.78. The van der Waals surface area contributed by atoms with E-state index < -0.39 is 22.6 Å². The molecule has 0 atom stereocenters. The van der Waals surface area contributed by atoms with E-state index in [4.69, 9.17) is 8.83 Å². The number of nitrogens with one attached hydrogen (secondary N) is 2. The fourth-order valence-corrected chi connectivity index (χ4v) is 2.27. The molecule has 0 amide bonds. The van der Waals surface area contributed by atoms with Crippen LogP contribution in [0.2, 0.25) is 0 Å². The number of para-hydroxylation sites is 2. The zero-order valence-electron chi connectivity index (χ0n) is 13.0. The van der Waals surface area contributed by atoms with Crippen LogP contribution in [-0.4, -0.2) is 9.97 Å². The Bertz CT molecular complexity index is 1290. The topological polar surface area (TPSA) is 126 Å². The summed E-state index contributed by atoms with van der Waals surface area (Å²) in [6.45, 7) is 1.78. The molecule has 8 nitrogen and oxygen atoms in total. The van der Waals surface area contributed by atoms with E-state index in [9.17, 15) is 19.2 Å². The van der Waals surface area contributed by atoms with Crippen LogP contribution in [0.15, 0.2) is 70.5 Å². The molecule has 0 saturated heterocycles. The SMILES string of the molecule is Cc1cccc2c(=O)[nH]c(=O)oc12.O=c1[nH]c(=O)c2ccccc2o1. The van der Waals surface area contributed by atoms with Crippen LogP contribution in [0.5, 0.6) is 0 Å². The molecule has 126 valence electrons. The molecule has 2 aromatic carbocycles. The Hall–Kier alpha value is -3.68. The van der Waals surface area contributed by atoms with Crippen LogP contribution >= 0.6 is 0 Å². The number of hydrogen-bond donors (Lipinski definition) is 2. The number of aromatic amines is 2. The van der Waals surface area contributed by atoms with Gasteiger partial charge in [-0.05, 0) is 30.7 Å². The second-order valence-electron chi connectivity index (χ2n) is 5.14. The highest BCUT2D eigenvalue weighted by Crippen LogP contribution is 2.11. The first-order chi connectivity index (χ1) is 12.0. The number of aromatic nitrogens is 2. The van der Waals surface area contributed by atoms with E-state index in [2.05, 4.69) is 4.98 Å². The molecule has 0 aliphatic heterocycles. The Morgan fingerprint density at radius 1 is 0.720 bits per heavy atom. The highest BCUT2D eigenvalue weighted by Gasteiger charge is 2.03. The second-order valence-corrected chi connectivity index (χ2v) is 5.14. The third-order valence-corrected chi connectivity index (χ3v) is 3.42. The predicted molar refractivity (Wildman–Crippen MR) is 90.9 cm³/mol. The van der Waals surface area contributed by atoms with Gasteiger partial charge in [0.1, 0.15) is 11.2 Å². The van der Waals surface area contributed by atoms with E-state index in [1.54, 1.807) is 49.4 Å². The van der Waals surface area contributed by atoms with Crippen LogP contribution in [0.25, 0.3) is 21.9 Å². The Kier molecular flexibility index (Phi) is 4.17. The molecule has 8 heteroatoms. The fraction of sp³-hybridized carbons (Fsp3) is 0.0588. The van der Waals surface area contributed by atoms with Crippen LogP contribution in [0, 0.1) is 6.92 Å². The molecule has 0 spiro atoms. The van der Waals surface area contributed by atoms with Gasteiger partial charge in [-0.15, -0.1) is 0 Å². The van der Waals surface area contributed by atoms with Crippen molar-refractivity contribution in [3.05, 3.63) is 89.8 Å². The molecule has 0 saturated carbocycles. The number of fused-ring (bicyclic) bond motifs is 2. The van der Waals surface area contributed by atoms with Gasteiger partial charge in [0.05, 0.1) is 10.8 Å². The van der Waals surface area contributed by atoms with Crippen molar-refractivity contribution in [3.8, 4) is 0 Å². The van der Waals surface area contributed by atoms with Crippen molar-refractivity contribution in [2.24, 2.45) is 0 Å². The summed E-state index contributed by atoms with van der Waals surface area (Å²) in [4.78, 5) is 47.9. The summed E-state index contributed by atoms with van der Waals surface area (Å²) in [5.74, 6) is -1.44. The Morgan fingerprint density at radius 3 is 2.08 bits per heavy atom. The minimum atomic E-state index is -0.723. The summed E-state index contributed by atoms with van der Waals surface area (Å²) in [6.07, 6.45) is 0. The lowest BCUT2D eigenvalue weighted by atomic mass is 10.2. The lowest BCUT2D eigenvalue weighted by Crippen LogP contribution is -2.18. The van der Waals surface area contributed by atoms with E-state index >= 15 is 0 Å². The number of benzene rings is 2. The normalized spacial score (nSPS) is 10.4. The first-order valence-electron chi connectivity index (χ1n) is 7.20. The van der Waals surface area contributed by atoms with Gasteiger partial charge >= 0.3 is 11.5 Å². The molecule has 2 aromatic heterocycles. The van der Waals surface area contributed by atoms with Crippen molar-refractivity contribution >= 4 is 21.9 Å². The van der Waals surface area contributed by atoms with E-state index in [-0.39, 0.29) is 0 Å². The zero-order chi connectivity index (χ0) is 18.0. The largest absolute Gasteiger partial charge is 0.419 e. The summed E-state index contributed by atoms with van der Waals surface area (Å²) in [5.41, 5.74) is 0.625. The van der Waals surface area contributed by atoms with Gasteiger partial charge in [0.25, 0.3) is 11.1 Å². The summed E-state index contributed by atoms with van der Waals surface area (Å²) in [5, 5.41) is 0.789. The van der Waals surface area contributed by atoms with Gasteiger partial charge in [0, 0.05) is 0 Å². The van der Waals surface area contributed by atoms with E-state index in [1.165, 1.54) is 0 Å². The van der Waals surface area contributed by atoms with Crippen LogP contribution in [-0.2, 0) is 0 Å². The van der Waals surface area contributed by atoms with Crippen molar-refractivity contribution in [2.45, 2.75) is 6.92 Å². The van der Waals surface area contributed by atoms with E-state index in [0.29, 0.717) is 21.9 Å². The first-order valence-corrected chi connectivity index (χ1v) is 7.20. The summed E-state index contributed by atoms with van der Waals surface area (Å²) >= 11 is 0. The standard InChI is InChI=1S/C9H7NO3.C8H5NO3/c1-5-3-2-4-6-7(5)13-9(12)10-8(6)11;10-7-5-3-1-2-4-6(5)12-8(11)9-7/h2-4H,1H3,(H,10,11,12);1-4H,(H,9,10,11). The van der Waals surface area contributed by atoms with Gasteiger partial charge < -0.3 is 8.83 Å². The predicted octanol–water partition coefficient (Wildman–Crippen LogP) is 1.27. The summed E-state index contributed by atoms with van der Waals surface area (Å²) in [7, 11) is 0. The van der Waals surface area contributed by atoms with Crippen molar-refractivity contribution in [3.63, 3.8) is 0 Å². The monoisotopic (exact) mass is 340 g/mol. The average molecular weight is 340 g/mol. The minimum absolute atomic E-state index is 0.311. The molecular weight excluding hydrogens is 328 g/mol. The maximum absolute atomic E-state index is 11.2. The average Bonchev–Trinajstić information content (AvgIpc) is 2.56. The molecule has 2 N–H and O–H groups in total. The van der Waals surface area contributed by atoms with E-state index in [0.717, 1.165) is 5.56 Å². The molecule has 0 radical (unpaired) electrons. The lowest BCUT2D eigenvalue weighted by Gasteiger charge is -1.96. The van der Waals surface area contributed by atoms with Crippen molar-refractivity contribution < 1.29 is 8.83 Å². The van der Waals surface area contributed by atoms with Crippen LogP contribution in [0.3, 0.4) is 0 Å². The number of hydrogen-bond acceptors (Lipinski definition) is 6. The van der Waals surface area contributed by atoms with Crippen molar-refractivity contribution in [2.75, 3.05) is 0 Å². The Morgan fingerprint density at radius 2 is 1.32 bits per heavy atom. The van der Waals surface area contributed by atoms with Gasteiger partial charge in [-0.25, -0.2) is 9.59 Å². The van der Waals surface area contributed by atoms with Gasteiger partial charge in [0.15, 0.2) is 0 Å². The molecule has 0 bridgehead atoms. The smallest absolute Gasteiger partial charge is 0.409 e. The summed E-state index contributed by atoms with van der Waals surface area (Å²) in [6, 6.07) is 11.7. The molecular formula is C17H12N2O6. The van der Waals surface area contributed by atoms with Gasteiger partial charge in [-0.2, -0.15) is 0 Å². The third-order valence-electron chi connectivity index (χ3n) is 3.42. The second kappa shape index (κ2) is 6.44. The van der Waals surface area contributed by atoms with Gasteiger partial charge in [-0.1, -0.05) is 24.3 Å². The van der Waals surface area contributed by atoms with Crippen LogP contribution < -0.4 is 22.6 Å². The highest BCUT2D eigenvalue weighted by atomic mass is 16.4. The molecule has 0 fully saturated rings. The fourth-order valence-electron chi connectivity index (χ4n) is 2.27. The molecule has 0 aliphatic rings. The molecule has 4 rings (SSSR count). The van der Waals surface area contributed by atoms with Crippen molar-refractivity contribution in [1.82, 2.24) is 9.97 Å². The zero-order valence-corrected chi connectivity index (χ0v) is 13.0.